The van der Waals surface area contributed by atoms with Gasteiger partial charge in [-0.05, 0) is 39.0 Å². The molecular formula is C16H22O5. The molecule has 0 bridgehead atoms. The molecule has 21 heavy (non-hydrogen) atoms. The van der Waals surface area contributed by atoms with E-state index in [1.54, 1.807) is 34.6 Å². The average molecular weight is 294 g/mol. The van der Waals surface area contributed by atoms with Gasteiger partial charge in [-0.1, -0.05) is 13.8 Å². The highest BCUT2D eigenvalue weighted by Gasteiger charge is 2.23. The van der Waals surface area contributed by atoms with Gasteiger partial charge in [-0.2, -0.15) is 0 Å². The van der Waals surface area contributed by atoms with E-state index >= 15 is 0 Å². The summed E-state index contributed by atoms with van der Waals surface area (Å²) < 4.78 is 10.7. The van der Waals surface area contributed by atoms with Crippen LogP contribution in [0.1, 0.15) is 56.8 Å². The number of esters is 1. The van der Waals surface area contributed by atoms with Crippen LogP contribution in [0.4, 0.5) is 0 Å². The summed E-state index contributed by atoms with van der Waals surface area (Å²) in [6, 6.07) is 4.45. The highest BCUT2D eigenvalue weighted by molar-refractivity contribution is 5.78. The van der Waals surface area contributed by atoms with Crippen LogP contribution >= 0.6 is 0 Å². The Morgan fingerprint density at radius 3 is 2.38 bits per heavy atom. The van der Waals surface area contributed by atoms with Crippen LogP contribution in [-0.4, -0.2) is 23.0 Å². The second kappa shape index (κ2) is 6.83. The van der Waals surface area contributed by atoms with Crippen LogP contribution in [0.25, 0.3) is 0 Å². The van der Waals surface area contributed by atoms with Crippen molar-refractivity contribution >= 4 is 12.3 Å². The summed E-state index contributed by atoms with van der Waals surface area (Å²) in [5, 5.41) is 10.2. The van der Waals surface area contributed by atoms with E-state index in [1.807, 2.05) is 0 Å². The van der Waals surface area contributed by atoms with Gasteiger partial charge in [0.15, 0.2) is 6.29 Å². The molecule has 0 spiro atoms. The van der Waals surface area contributed by atoms with Crippen LogP contribution in [-0.2, 0) is 9.53 Å². The molecule has 0 saturated carbocycles. The number of carbonyl (C=O) groups is 2. The van der Waals surface area contributed by atoms with Gasteiger partial charge in [0.1, 0.15) is 12.0 Å². The fourth-order valence-corrected chi connectivity index (χ4v) is 1.55. The van der Waals surface area contributed by atoms with Gasteiger partial charge in [0.2, 0.25) is 0 Å². The molecule has 116 valence electrons. The molecule has 0 aliphatic rings. The SMILES string of the molecule is CC(C)C(=O)Oc1ccc(C=O)cc1C(O)OC(C)(C)C. The molecular weight excluding hydrogens is 272 g/mol. The van der Waals surface area contributed by atoms with E-state index in [4.69, 9.17) is 9.47 Å². The molecule has 0 aliphatic heterocycles. The molecule has 0 fully saturated rings. The number of ether oxygens (including phenoxy) is 2. The predicted octanol–water partition coefficient (Wildman–Crippen LogP) is 2.87. The van der Waals surface area contributed by atoms with Crippen molar-refractivity contribution < 1.29 is 24.2 Å². The van der Waals surface area contributed by atoms with Crippen molar-refractivity contribution in [3.05, 3.63) is 29.3 Å². The van der Waals surface area contributed by atoms with Crippen LogP contribution < -0.4 is 4.74 Å². The van der Waals surface area contributed by atoms with Gasteiger partial charge in [0.05, 0.1) is 17.1 Å². The van der Waals surface area contributed by atoms with Gasteiger partial charge in [-0.3, -0.25) is 9.59 Å². The standard InChI is InChI=1S/C16H22O5/c1-10(2)14(18)20-13-7-6-11(9-17)8-12(13)15(19)21-16(3,4)5/h6-10,15,19H,1-5H3. The molecule has 0 amide bonds. The quantitative estimate of drug-likeness (QED) is 0.391. The Bertz CT molecular complexity index is 514. The second-order valence-corrected chi connectivity index (χ2v) is 6.07. The van der Waals surface area contributed by atoms with Crippen molar-refractivity contribution in [2.75, 3.05) is 0 Å². The first kappa shape index (κ1) is 17.3. The lowest BCUT2D eigenvalue weighted by molar-refractivity contribution is -0.170. The van der Waals surface area contributed by atoms with Crippen molar-refractivity contribution in [3.8, 4) is 5.75 Å². The fraction of sp³-hybridized carbons (Fsp3) is 0.500. The number of aliphatic hydroxyl groups excluding tert-OH is 1. The minimum Gasteiger partial charge on any atom is -0.426 e. The Balaban J connectivity index is 3.13. The number of rotatable bonds is 5. The highest BCUT2D eigenvalue weighted by Crippen LogP contribution is 2.30. The van der Waals surface area contributed by atoms with Gasteiger partial charge in [0.25, 0.3) is 0 Å². The third-order valence-corrected chi connectivity index (χ3v) is 2.58. The Morgan fingerprint density at radius 2 is 1.90 bits per heavy atom. The summed E-state index contributed by atoms with van der Waals surface area (Å²) in [6.07, 6.45) is -0.638. The van der Waals surface area contributed by atoms with Crippen molar-refractivity contribution in [1.82, 2.24) is 0 Å². The lowest BCUT2D eigenvalue weighted by atomic mass is 10.1. The van der Waals surface area contributed by atoms with Crippen LogP contribution in [0.5, 0.6) is 5.75 Å². The maximum Gasteiger partial charge on any atom is 0.313 e. The number of carbonyl (C=O) groups excluding carboxylic acids is 2. The molecule has 1 aromatic rings. The molecule has 0 radical (unpaired) electrons. The number of hydrogen-bond donors (Lipinski definition) is 1. The fourth-order valence-electron chi connectivity index (χ4n) is 1.55. The first-order valence-electron chi connectivity index (χ1n) is 6.80. The van der Waals surface area contributed by atoms with E-state index in [0.717, 1.165) is 0 Å². The molecule has 0 aromatic heterocycles. The summed E-state index contributed by atoms with van der Waals surface area (Å²) in [6.45, 7) is 8.80. The second-order valence-electron chi connectivity index (χ2n) is 6.07. The van der Waals surface area contributed by atoms with Crippen molar-refractivity contribution in [2.45, 2.75) is 46.5 Å². The molecule has 5 heteroatoms. The van der Waals surface area contributed by atoms with Crippen molar-refractivity contribution in [3.63, 3.8) is 0 Å². The molecule has 1 aromatic carbocycles. The maximum absolute atomic E-state index is 11.7. The van der Waals surface area contributed by atoms with Crippen molar-refractivity contribution in [1.29, 1.82) is 0 Å². The van der Waals surface area contributed by atoms with Gasteiger partial charge in [-0.15, -0.1) is 0 Å². The van der Waals surface area contributed by atoms with E-state index in [9.17, 15) is 14.7 Å². The zero-order chi connectivity index (χ0) is 16.2. The van der Waals surface area contributed by atoms with Gasteiger partial charge in [0, 0.05) is 5.56 Å². The zero-order valence-electron chi connectivity index (χ0n) is 13.0. The van der Waals surface area contributed by atoms with Crippen LogP contribution in [0, 0.1) is 5.92 Å². The van der Waals surface area contributed by atoms with Gasteiger partial charge < -0.3 is 14.6 Å². The number of benzene rings is 1. The number of hydrogen-bond acceptors (Lipinski definition) is 5. The van der Waals surface area contributed by atoms with Crippen LogP contribution in [0.2, 0.25) is 0 Å². The topological polar surface area (TPSA) is 72.8 Å². The monoisotopic (exact) mass is 294 g/mol. The lowest BCUT2D eigenvalue weighted by Gasteiger charge is -2.25. The van der Waals surface area contributed by atoms with Crippen molar-refractivity contribution in [2.24, 2.45) is 5.92 Å². The molecule has 0 saturated heterocycles. The Labute approximate surface area is 124 Å². The zero-order valence-corrected chi connectivity index (χ0v) is 13.0. The third-order valence-electron chi connectivity index (χ3n) is 2.58. The molecule has 1 rings (SSSR count). The van der Waals surface area contributed by atoms with E-state index < -0.39 is 17.9 Å². The predicted molar refractivity (Wildman–Crippen MR) is 78.1 cm³/mol. The summed E-state index contributed by atoms with van der Waals surface area (Å²) >= 11 is 0. The Morgan fingerprint density at radius 1 is 1.29 bits per heavy atom. The highest BCUT2D eigenvalue weighted by atomic mass is 16.6. The van der Waals surface area contributed by atoms with E-state index in [1.165, 1.54) is 18.2 Å². The molecule has 0 heterocycles. The minimum absolute atomic E-state index is 0.191. The summed E-state index contributed by atoms with van der Waals surface area (Å²) in [5.74, 6) is -0.529. The Kier molecular flexibility index (Phi) is 5.63. The normalized spacial score (nSPS) is 13.1. The summed E-state index contributed by atoms with van der Waals surface area (Å²) in [5.41, 5.74) is 0.0325. The van der Waals surface area contributed by atoms with E-state index in [-0.39, 0.29) is 17.2 Å². The minimum atomic E-state index is -1.29. The van der Waals surface area contributed by atoms with Crippen LogP contribution in [0.3, 0.4) is 0 Å². The first-order valence-corrected chi connectivity index (χ1v) is 6.80. The third kappa shape index (κ3) is 5.28. The van der Waals surface area contributed by atoms with Crippen LogP contribution in [0.15, 0.2) is 18.2 Å². The molecule has 1 unspecified atom stereocenters. The van der Waals surface area contributed by atoms with E-state index in [0.29, 0.717) is 11.8 Å². The van der Waals surface area contributed by atoms with E-state index in [2.05, 4.69) is 0 Å². The maximum atomic E-state index is 11.7. The molecule has 1 atom stereocenters. The Hall–Kier alpha value is -1.72. The first-order chi connectivity index (χ1) is 9.64. The largest absolute Gasteiger partial charge is 0.426 e. The van der Waals surface area contributed by atoms with Gasteiger partial charge in [-0.25, -0.2) is 0 Å². The smallest absolute Gasteiger partial charge is 0.313 e. The van der Waals surface area contributed by atoms with Gasteiger partial charge >= 0.3 is 5.97 Å². The molecule has 5 nitrogen and oxygen atoms in total. The molecule has 1 N–H and O–H groups in total. The number of aliphatic hydroxyl groups is 1. The number of aldehydes is 1. The molecule has 0 aliphatic carbocycles. The lowest BCUT2D eigenvalue weighted by Crippen LogP contribution is -2.23. The summed E-state index contributed by atoms with van der Waals surface area (Å²) in [7, 11) is 0. The average Bonchev–Trinajstić information content (AvgIpc) is 2.36. The summed E-state index contributed by atoms with van der Waals surface area (Å²) in [4.78, 5) is 22.6.